The standard InChI is InChI=1S/C19H18FN3OS/c1-23(19(9-2-10-19)13-4-6-14(20)7-5-13)18-22-15-8-3-12(17(21)24)11-16(15)25-18/h3-8,11H,2,9-10H2,1H3,(H2,21,24). The Labute approximate surface area is 149 Å². The number of nitrogens with two attached hydrogens (primary N) is 1. The number of hydrogen-bond acceptors (Lipinski definition) is 4. The normalized spacial score (nSPS) is 15.8. The van der Waals surface area contributed by atoms with E-state index in [0.717, 1.165) is 40.2 Å². The quantitative estimate of drug-likeness (QED) is 0.768. The number of carbonyl (C=O) groups excluding carboxylic acids is 1. The highest BCUT2D eigenvalue weighted by molar-refractivity contribution is 7.22. The number of fused-ring (bicyclic) bond motifs is 1. The lowest BCUT2D eigenvalue weighted by atomic mass is 9.71. The number of amides is 1. The topological polar surface area (TPSA) is 59.2 Å². The molecule has 1 amide bonds. The van der Waals surface area contributed by atoms with Crippen molar-refractivity contribution in [2.24, 2.45) is 5.73 Å². The lowest BCUT2D eigenvalue weighted by molar-refractivity contribution is 0.100. The van der Waals surface area contributed by atoms with Crippen molar-refractivity contribution in [1.29, 1.82) is 0 Å². The number of rotatable bonds is 4. The van der Waals surface area contributed by atoms with Gasteiger partial charge >= 0.3 is 0 Å². The Kier molecular flexibility index (Phi) is 3.72. The summed E-state index contributed by atoms with van der Waals surface area (Å²) >= 11 is 1.54. The van der Waals surface area contributed by atoms with Crippen LogP contribution in [0.5, 0.6) is 0 Å². The summed E-state index contributed by atoms with van der Waals surface area (Å²) in [6.07, 6.45) is 3.16. The molecule has 0 spiro atoms. The molecule has 0 aliphatic heterocycles. The van der Waals surface area contributed by atoms with Gasteiger partial charge in [0.05, 0.1) is 15.8 Å². The van der Waals surface area contributed by atoms with Gasteiger partial charge in [-0.2, -0.15) is 0 Å². The Bertz CT molecular complexity index is 947. The highest BCUT2D eigenvalue weighted by Gasteiger charge is 2.43. The van der Waals surface area contributed by atoms with E-state index in [1.807, 2.05) is 25.2 Å². The van der Waals surface area contributed by atoms with E-state index in [4.69, 9.17) is 10.7 Å². The molecule has 1 heterocycles. The molecule has 4 nitrogen and oxygen atoms in total. The van der Waals surface area contributed by atoms with Gasteiger partial charge in [-0.3, -0.25) is 4.79 Å². The van der Waals surface area contributed by atoms with Gasteiger partial charge in [0.25, 0.3) is 0 Å². The van der Waals surface area contributed by atoms with Gasteiger partial charge in [-0.05, 0) is 55.2 Å². The Hall–Kier alpha value is -2.47. The van der Waals surface area contributed by atoms with Gasteiger partial charge in [-0.1, -0.05) is 23.5 Å². The molecule has 1 saturated carbocycles. The maximum absolute atomic E-state index is 13.3. The van der Waals surface area contributed by atoms with Crippen LogP contribution >= 0.6 is 11.3 Å². The van der Waals surface area contributed by atoms with Crippen molar-refractivity contribution in [3.05, 3.63) is 59.4 Å². The second-order valence-electron chi connectivity index (χ2n) is 6.49. The smallest absolute Gasteiger partial charge is 0.248 e. The summed E-state index contributed by atoms with van der Waals surface area (Å²) in [5.41, 5.74) is 7.67. The number of hydrogen-bond donors (Lipinski definition) is 1. The van der Waals surface area contributed by atoms with Crippen LogP contribution in [0.2, 0.25) is 0 Å². The third kappa shape index (κ3) is 2.57. The van der Waals surface area contributed by atoms with Crippen LogP contribution in [0.1, 0.15) is 35.2 Å². The SMILES string of the molecule is CN(c1nc2ccc(C(N)=O)cc2s1)C1(c2ccc(F)cc2)CCC1. The molecule has 1 aromatic heterocycles. The molecule has 0 atom stereocenters. The fourth-order valence-corrected chi connectivity index (χ4v) is 4.54. The molecule has 0 bridgehead atoms. The van der Waals surface area contributed by atoms with Gasteiger partial charge in [0, 0.05) is 12.6 Å². The summed E-state index contributed by atoms with van der Waals surface area (Å²) in [6, 6.07) is 12.1. The second kappa shape index (κ2) is 5.81. The van der Waals surface area contributed by atoms with Crippen molar-refractivity contribution >= 4 is 32.6 Å². The molecule has 1 aliphatic carbocycles. The number of primary amides is 1. The molecule has 3 aromatic rings. The molecule has 25 heavy (non-hydrogen) atoms. The third-order valence-electron chi connectivity index (χ3n) is 5.15. The van der Waals surface area contributed by atoms with E-state index < -0.39 is 5.91 Å². The molecule has 1 aliphatic rings. The minimum Gasteiger partial charge on any atom is -0.366 e. The zero-order valence-corrected chi connectivity index (χ0v) is 14.6. The van der Waals surface area contributed by atoms with Crippen molar-refractivity contribution in [2.75, 3.05) is 11.9 Å². The van der Waals surface area contributed by atoms with Crippen LogP contribution in [-0.2, 0) is 5.54 Å². The lowest BCUT2D eigenvalue weighted by Crippen LogP contribution is -2.49. The fourth-order valence-electron chi connectivity index (χ4n) is 3.48. The van der Waals surface area contributed by atoms with Crippen LogP contribution in [-0.4, -0.2) is 17.9 Å². The van der Waals surface area contributed by atoms with Crippen molar-refractivity contribution < 1.29 is 9.18 Å². The van der Waals surface area contributed by atoms with Crippen LogP contribution in [0.4, 0.5) is 9.52 Å². The molecule has 4 rings (SSSR count). The number of nitrogens with zero attached hydrogens (tertiary/aromatic N) is 2. The highest BCUT2D eigenvalue weighted by atomic mass is 32.1. The lowest BCUT2D eigenvalue weighted by Gasteiger charge is -2.49. The van der Waals surface area contributed by atoms with Crippen LogP contribution in [0.15, 0.2) is 42.5 Å². The number of anilines is 1. The zero-order chi connectivity index (χ0) is 17.6. The number of benzene rings is 2. The first-order valence-electron chi connectivity index (χ1n) is 8.20. The van der Waals surface area contributed by atoms with Gasteiger partial charge in [-0.25, -0.2) is 9.37 Å². The van der Waals surface area contributed by atoms with Gasteiger partial charge in [0.2, 0.25) is 5.91 Å². The van der Waals surface area contributed by atoms with Gasteiger partial charge in [0.15, 0.2) is 5.13 Å². The van der Waals surface area contributed by atoms with Crippen molar-refractivity contribution in [3.63, 3.8) is 0 Å². The van der Waals surface area contributed by atoms with E-state index in [9.17, 15) is 9.18 Å². The van der Waals surface area contributed by atoms with Gasteiger partial charge in [-0.15, -0.1) is 0 Å². The van der Waals surface area contributed by atoms with Crippen molar-refractivity contribution in [3.8, 4) is 0 Å². The van der Waals surface area contributed by atoms with Crippen molar-refractivity contribution in [1.82, 2.24) is 4.98 Å². The molecule has 1 fully saturated rings. The molecule has 0 saturated heterocycles. The van der Waals surface area contributed by atoms with E-state index in [0.29, 0.717) is 5.56 Å². The summed E-state index contributed by atoms with van der Waals surface area (Å²) in [7, 11) is 2.04. The Balaban J connectivity index is 1.73. The number of halogens is 1. The Morgan fingerprint density at radius 3 is 2.56 bits per heavy atom. The molecule has 0 radical (unpaired) electrons. The average Bonchev–Trinajstić information content (AvgIpc) is 2.98. The first-order valence-corrected chi connectivity index (χ1v) is 9.01. The minimum absolute atomic E-state index is 0.145. The summed E-state index contributed by atoms with van der Waals surface area (Å²) < 4.78 is 14.2. The van der Waals surface area contributed by atoms with Crippen LogP contribution < -0.4 is 10.6 Å². The Morgan fingerprint density at radius 1 is 1.24 bits per heavy atom. The van der Waals surface area contributed by atoms with E-state index in [1.165, 1.54) is 12.1 Å². The van der Waals surface area contributed by atoms with E-state index in [2.05, 4.69) is 4.90 Å². The predicted octanol–water partition coefficient (Wildman–Crippen LogP) is 4.05. The maximum Gasteiger partial charge on any atom is 0.248 e. The fraction of sp³-hybridized carbons (Fsp3) is 0.263. The third-order valence-corrected chi connectivity index (χ3v) is 6.25. The molecule has 2 aromatic carbocycles. The van der Waals surface area contributed by atoms with E-state index >= 15 is 0 Å². The molecular weight excluding hydrogens is 337 g/mol. The number of carbonyl (C=O) groups is 1. The number of aromatic nitrogens is 1. The predicted molar refractivity (Wildman–Crippen MR) is 98.5 cm³/mol. The van der Waals surface area contributed by atoms with Gasteiger partial charge in [0.1, 0.15) is 5.82 Å². The summed E-state index contributed by atoms with van der Waals surface area (Å²) in [5, 5.41) is 0.889. The molecule has 0 unspecified atom stereocenters. The first kappa shape index (κ1) is 16.0. The highest BCUT2D eigenvalue weighted by Crippen LogP contribution is 2.48. The summed E-state index contributed by atoms with van der Waals surface area (Å²) in [4.78, 5) is 18.3. The second-order valence-corrected chi connectivity index (χ2v) is 7.50. The monoisotopic (exact) mass is 355 g/mol. The summed E-state index contributed by atoms with van der Waals surface area (Å²) in [6.45, 7) is 0. The van der Waals surface area contributed by atoms with Crippen molar-refractivity contribution in [2.45, 2.75) is 24.8 Å². The van der Waals surface area contributed by atoms with E-state index in [1.54, 1.807) is 23.5 Å². The largest absolute Gasteiger partial charge is 0.366 e. The van der Waals surface area contributed by atoms with Gasteiger partial charge < -0.3 is 10.6 Å². The zero-order valence-electron chi connectivity index (χ0n) is 13.8. The molecule has 128 valence electrons. The number of thiazole rings is 1. The summed E-state index contributed by atoms with van der Waals surface area (Å²) in [5.74, 6) is -0.660. The van der Waals surface area contributed by atoms with Crippen LogP contribution in [0, 0.1) is 5.82 Å². The Morgan fingerprint density at radius 2 is 1.96 bits per heavy atom. The van der Waals surface area contributed by atoms with Crippen LogP contribution in [0.25, 0.3) is 10.2 Å². The molecule has 6 heteroatoms. The molecular formula is C19H18FN3OS. The average molecular weight is 355 g/mol. The minimum atomic E-state index is -0.438. The molecule has 2 N–H and O–H groups in total. The first-order chi connectivity index (χ1) is 12.0. The maximum atomic E-state index is 13.3. The van der Waals surface area contributed by atoms with Crippen LogP contribution in [0.3, 0.4) is 0 Å². The van der Waals surface area contributed by atoms with E-state index in [-0.39, 0.29) is 11.4 Å².